The zero-order chi connectivity index (χ0) is 13.9. The average Bonchev–Trinajstić information content (AvgIpc) is 2.85. The number of hydrogen-bond donors (Lipinski definition) is 1. The van der Waals surface area contributed by atoms with E-state index in [4.69, 9.17) is 14.6 Å². The van der Waals surface area contributed by atoms with Crippen molar-refractivity contribution in [2.24, 2.45) is 0 Å². The number of aliphatic carboxylic acids is 1. The zero-order valence-electron chi connectivity index (χ0n) is 11.4. The van der Waals surface area contributed by atoms with Crippen LogP contribution in [0.2, 0.25) is 0 Å². The molecule has 108 valence electrons. The molecule has 0 spiro atoms. The molecular weight excluding hydrogens is 258 g/mol. The Balaban J connectivity index is 1.69. The van der Waals surface area contributed by atoms with Gasteiger partial charge in [0.15, 0.2) is 11.5 Å². The highest BCUT2D eigenvalue weighted by molar-refractivity contribution is 5.67. The number of carboxylic acid groups (broad SMARTS) is 1. The smallest absolute Gasteiger partial charge is 0.304 e. The molecular formula is C15H19NO4. The van der Waals surface area contributed by atoms with E-state index in [1.165, 1.54) is 0 Å². The van der Waals surface area contributed by atoms with Crippen LogP contribution < -0.4 is 9.47 Å². The Labute approximate surface area is 118 Å². The van der Waals surface area contributed by atoms with Crippen molar-refractivity contribution >= 4 is 5.97 Å². The Morgan fingerprint density at radius 3 is 2.90 bits per heavy atom. The van der Waals surface area contributed by atoms with Gasteiger partial charge in [-0.2, -0.15) is 0 Å². The highest BCUT2D eigenvalue weighted by atomic mass is 16.6. The van der Waals surface area contributed by atoms with Crippen LogP contribution in [-0.4, -0.2) is 41.8 Å². The molecule has 0 bridgehead atoms. The van der Waals surface area contributed by atoms with Crippen LogP contribution in [0.15, 0.2) is 18.2 Å². The minimum Gasteiger partial charge on any atom is -0.486 e. The van der Waals surface area contributed by atoms with Gasteiger partial charge in [-0.3, -0.25) is 9.69 Å². The van der Waals surface area contributed by atoms with Gasteiger partial charge < -0.3 is 14.6 Å². The summed E-state index contributed by atoms with van der Waals surface area (Å²) in [5.74, 6) is 0.871. The number of hydrogen-bond acceptors (Lipinski definition) is 4. The number of ether oxygens (including phenoxy) is 2. The summed E-state index contributed by atoms with van der Waals surface area (Å²) >= 11 is 0. The third-order valence-electron chi connectivity index (χ3n) is 3.90. The Morgan fingerprint density at radius 2 is 2.10 bits per heavy atom. The van der Waals surface area contributed by atoms with Gasteiger partial charge in [0.05, 0.1) is 6.42 Å². The number of fused-ring (bicyclic) bond motifs is 1. The summed E-state index contributed by atoms with van der Waals surface area (Å²) < 4.78 is 11.1. The van der Waals surface area contributed by atoms with E-state index in [9.17, 15) is 4.79 Å². The van der Waals surface area contributed by atoms with E-state index in [0.717, 1.165) is 43.0 Å². The van der Waals surface area contributed by atoms with Gasteiger partial charge in [-0.1, -0.05) is 6.07 Å². The lowest BCUT2D eigenvalue weighted by atomic mass is 10.1. The minimum absolute atomic E-state index is 0.153. The number of benzene rings is 1. The Bertz CT molecular complexity index is 503. The van der Waals surface area contributed by atoms with E-state index in [2.05, 4.69) is 4.90 Å². The van der Waals surface area contributed by atoms with E-state index in [1.807, 2.05) is 18.2 Å². The number of carbonyl (C=O) groups is 1. The predicted octanol–water partition coefficient (Wildman–Crippen LogP) is 1.90. The van der Waals surface area contributed by atoms with Gasteiger partial charge in [-0.25, -0.2) is 0 Å². The fourth-order valence-electron chi connectivity index (χ4n) is 2.96. The number of nitrogens with zero attached hydrogens (tertiary/aromatic N) is 1. The molecule has 0 aromatic heterocycles. The topological polar surface area (TPSA) is 59.0 Å². The largest absolute Gasteiger partial charge is 0.486 e. The lowest BCUT2D eigenvalue weighted by Crippen LogP contribution is -2.30. The van der Waals surface area contributed by atoms with Gasteiger partial charge in [0.2, 0.25) is 0 Å². The lowest BCUT2D eigenvalue weighted by Gasteiger charge is -2.24. The molecule has 1 N–H and O–H groups in total. The molecule has 0 saturated carbocycles. The molecule has 5 nitrogen and oxygen atoms in total. The van der Waals surface area contributed by atoms with Crippen molar-refractivity contribution < 1.29 is 19.4 Å². The van der Waals surface area contributed by atoms with Crippen molar-refractivity contribution in [3.05, 3.63) is 23.8 Å². The first kappa shape index (κ1) is 13.2. The minimum atomic E-state index is -0.718. The number of rotatable bonds is 4. The highest BCUT2D eigenvalue weighted by Gasteiger charge is 2.26. The van der Waals surface area contributed by atoms with E-state index >= 15 is 0 Å². The molecule has 1 aromatic carbocycles. The summed E-state index contributed by atoms with van der Waals surface area (Å²) in [6.45, 7) is 2.92. The second-order valence-corrected chi connectivity index (χ2v) is 5.34. The van der Waals surface area contributed by atoms with Gasteiger partial charge in [0.1, 0.15) is 13.2 Å². The molecule has 0 amide bonds. The molecule has 2 heterocycles. The van der Waals surface area contributed by atoms with Crippen molar-refractivity contribution in [1.82, 2.24) is 4.90 Å². The normalized spacial score (nSPS) is 21.9. The molecule has 2 aliphatic heterocycles. The Hall–Kier alpha value is -1.75. The maximum Gasteiger partial charge on any atom is 0.304 e. The van der Waals surface area contributed by atoms with E-state index in [1.54, 1.807) is 0 Å². The number of carboxylic acids is 1. The lowest BCUT2D eigenvalue weighted by molar-refractivity contribution is -0.138. The molecule has 3 rings (SSSR count). The number of likely N-dealkylation sites (tertiary alicyclic amines) is 1. The summed E-state index contributed by atoms with van der Waals surface area (Å²) in [5, 5.41) is 8.95. The second kappa shape index (κ2) is 5.71. The van der Waals surface area contributed by atoms with Crippen molar-refractivity contribution in [3.8, 4) is 11.5 Å². The van der Waals surface area contributed by atoms with Crippen LogP contribution in [0.5, 0.6) is 11.5 Å². The predicted molar refractivity (Wildman–Crippen MR) is 73.1 cm³/mol. The standard InChI is InChI=1S/C15H19NO4/c17-15(18)9-12-2-1-5-16(12)10-11-3-4-13-14(8-11)20-7-6-19-13/h3-4,8,12H,1-2,5-7,9-10H2,(H,17,18). The zero-order valence-corrected chi connectivity index (χ0v) is 11.4. The Kier molecular flexibility index (Phi) is 3.78. The molecule has 20 heavy (non-hydrogen) atoms. The van der Waals surface area contributed by atoms with Gasteiger partial charge in [-0.15, -0.1) is 0 Å². The SMILES string of the molecule is O=C(O)CC1CCCN1Cc1ccc2c(c1)OCCO2. The van der Waals surface area contributed by atoms with E-state index in [-0.39, 0.29) is 12.5 Å². The molecule has 0 aliphatic carbocycles. The summed E-state index contributed by atoms with van der Waals surface area (Å²) in [6, 6.07) is 6.13. The first-order valence-corrected chi connectivity index (χ1v) is 7.07. The van der Waals surface area contributed by atoms with Crippen LogP contribution in [0, 0.1) is 0 Å². The maximum atomic E-state index is 10.9. The summed E-state index contributed by atoms with van der Waals surface area (Å²) in [6.07, 6.45) is 2.27. The van der Waals surface area contributed by atoms with E-state index < -0.39 is 5.97 Å². The second-order valence-electron chi connectivity index (χ2n) is 5.34. The van der Waals surface area contributed by atoms with Crippen LogP contribution >= 0.6 is 0 Å². The fourth-order valence-corrected chi connectivity index (χ4v) is 2.96. The fraction of sp³-hybridized carbons (Fsp3) is 0.533. The summed E-state index contributed by atoms with van der Waals surface area (Å²) in [7, 11) is 0. The van der Waals surface area contributed by atoms with Crippen molar-refractivity contribution in [2.45, 2.75) is 31.8 Å². The molecule has 1 fully saturated rings. The average molecular weight is 277 g/mol. The van der Waals surface area contributed by atoms with E-state index in [0.29, 0.717) is 13.2 Å². The molecule has 1 atom stereocenters. The van der Waals surface area contributed by atoms with Crippen molar-refractivity contribution in [3.63, 3.8) is 0 Å². The third kappa shape index (κ3) is 2.88. The Morgan fingerprint density at radius 1 is 1.30 bits per heavy atom. The molecule has 0 radical (unpaired) electrons. The first-order chi connectivity index (χ1) is 9.72. The summed E-state index contributed by atoms with van der Waals surface area (Å²) in [4.78, 5) is 13.1. The van der Waals surface area contributed by atoms with Crippen LogP contribution in [0.1, 0.15) is 24.8 Å². The van der Waals surface area contributed by atoms with Crippen LogP contribution in [0.25, 0.3) is 0 Å². The van der Waals surface area contributed by atoms with Gasteiger partial charge in [0.25, 0.3) is 0 Å². The monoisotopic (exact) mass is 277 g/mol. The van der Waals surface area contributed by atoms with Crippen LogP contribution in [-0.2, 0) is 11.3 Å². The maximum absolute atomic E-state index is 10.9. The van der Waals surface area contributed by atoms with Crippen LogP contribution in [0.3, 0.4) is 0 Å². The van der Waals surface area contributed by atoms with Gasteiger partial charge in [0, 0.05) is 12.6 Å². The first-order valence-electron chi connectivity index (χ1n) is 7.07. The summed E-state index contributed by atoms with van der Waals surface area (Å²) in [5.41, 5.74) is 1.14. The molecule has 1 unspecified atom stereocenters. The van der Waals surface area contributed by atoms with Crippen molar-refractivity contribution in [2.75, 3.05) is 19.8 Å². The molecule has 1 aromatic rings. The third-order valence-corrected chi connectivity index (χ3v) is 3.90. The molecule has 5 heteroatoms. The highest BCUT2D eigenvalue weighted by Crippen LogP contribution is 2.32. The quantitative estimate of drug-likeness (QED) is 0.911. The van der Waals surface area contributed by atoms with Gasteiger partial charge >= 0.3 is 5.97 Å². The van der Waals surface area contributed by atoms with Crippen LogP contribution in [0.4, 0.5) is 0 Å². The molecule has 1 saturated heterocycles. The van der Waals surface area contributed by atoms with Crippen molar-refractivity contribution in [1.29, 1.82) is 0 Å². The molecule has 2 aliphatic rings. The van der Waals surface area contributed by atoms with Gasteiger partial charge in [-0.05, 0) is 37.1 Å².